The fraction of sp³-hybridized carbons (Fsp3) is 0. The van der Waals surface area contributed by atoms with Gasteiger partial charge in [-0.2, -0.15) is 10.4 Å². The molecule has 0 unspecified atom stereocenters. The SMILES string of the molecule is N#Cc1ccc(-n2ncc([N+](=O)[O-])c2-c2ccco2)cc1. The number of nitro groups is 1. The zero-order valence-corrected chi connectivity index (χ0v) is 10.6. The van der Waals surface area contributed by atoms with Crippen LogP contribution in [0.25, 0.3) is 17.1 Å². The molecule has 3 rings (SSSR count). The number of rotatable bonds is 3. The van der Waals surface area contributed by atoms with Gasteiger partial charge in [0, 0.05) is 0 Å². The number of hydrogen-bond acceptors (Lipinski definition) is 5. The monoisotopic (exact) mass is 280 g/mol. The second kappa shape index (κ2) is 4.94. The summed E-state index contributed by atoms with van der Waals surface area (Å²) in [6.45, 7) is 0. The molecule has 0 saturated heterocycles. The van der Waals surface area contributed by atoms with Crippen LogP contribution in [0.15, 0.2) is 53.3 Å². The molecule has 21 heavy (non-hydrogen) atoms. The largest absolute Gasteiger partial charge is 0.462 e. The average Bonchev–Trinajstić information content (AvgIpc) is 3.16. The Labute approximate surface area is 118 Å². The van der Waals surface area contributed by atoms with E-state index in [0.29, 0.717) is 17.0 Å². The first-order chi connectivity index (χ1) is 10.2. The topological polar surface area (TPSA) is 97.9 Å². The van der Waals surface area contributed by atoms with Gasteiger partial charge in [-0.05, 0) is 36.4 Å². The fourth-order valence-electron chi connectivity index (χ4n) is 1.99. The number of furan rings is 1. The molecule has 0 bridgehead atoms. The van der Waals surface area contributed by atoms with Gasteiger partial charge in [0.05, 0.1) is 28.5 Å². The molecule has 0 fully saturated rings. The van der Waals surface area contributed by atoms with Crippen LogP contribution in [-0.2, 0) is 0 Å². The summed E-state index contributed by atoms with van der Waals surface area (Å²) in [6.07, 6.45) is 2.62. The lowest BCUT2D eigenvalue weighted by Crippen LogP contribution is -1.99. The maximum absolute atomic E-state index is 11.1. The van der Waals surface area contributed by atoms with Crippen molar-refractivity contribution in [1.29, 1.82) is 5.26 Å². The van der Waals surface area contributed by atoms with E-state index >= 15 is 0 Å². The van der Waals surface area contributed by atoms with Crippen LogP contribution in [0, 0.1) is 21.4 Å². The van der Waals surface area contributed by atoms with Crippen molar-refractivity contribution in [2.45, 2.75) is 0 Å². The van der Waals surface area contributed by atoms with Gasteiger partial charge in [-0.1, -0.05) is 0 Å². The highest BCUT2D eigenvalue weighted by molar-refractivity contribution is 5.67. The smallest absolute Gasteiger partial charge is 0.318 e. The van der Waals surface area contributed by atoms with E-state index in [0.717, 1.165) is 0 Å². The third-order valence-corrected chi connectivity index (χ3v) is 2.94. The van der Waals surface area contributed by atoms with E-state index in [2.05, 4.69) is 5.10 Å². The van der Waals surface area contributed by atoms with Crippen molar-refractivity contribution >= 4 is 5.69 Å². The van der Waals surface area contributed by atoms with E-state index in [4.69, 9.17) is 9.68 Å². The third kappa shape index (κ3) is 2.15. The summed E-state index contributed by atoms with van der Waals surface area (Å²) in [6, 6.07) is 11.9. The molecule has 0 aliphatic carbocycles. The van der Waals surface area contributed by atoms with E-state index < -0.39 is 4.92 Å². The van der Waals surface area contributed by atoms with E-state index in [-0.39, 0.29) is 11.4 Å². The summed E-state index contributed by atoms with van der Waals surface area (Å²) in [5.74, 6) is 0.351. The molecule has 7 heteroatoms. The van der Waals surface area contributed by atoms with Crippen LogP contribution < -0.4 is 0 Å². The van der Waals surface area contributed by atoms with E-state index in [1.165, 1.54) is 17.1 Å². The molecule has 102 valence electrons. The molecule has 3 aromatic rings. The summed E-state index contributed by atoms with van der Waals surface area (Å²) in [5, 5.41) is 24.0. The minimum Gasteiger partial charge on any atom is -0.462 e. The Hall–Kier alpha value is -3.40. The molecule has 0 amide bonds. The zero-order chi connectivity index (χ0) is 14.8. The molecule has 0 saturated carbocycles. The van der Waals surface area contributed by atoms with Crippen LogP contribution >= 0.6 is 0 Å². The van der Waals surface area contributed by atoms with Gasteiger partial charge in [-0.3, -0.25) is 10.1 Å². The number of hydrogen-bond donors (Lipinski definition) is 0. The number of aromatic nitrogens is 2. The van der Waals surface area contributed by atoms with Gasteiger partial charge in [-0.25, -0.2) is 4.68 Å². The summed E-state index contributed by atoms with van der Waals surface area (Å²) in [5.41, 5.74) is 1.22. The number of nitriles is 1. The lowest BCUT2D eigenvalue weighted by molar-refractivity contribution is -0.384. The molecule has 2 heterocycles. The van der Waals surface area contributed by atoms with Crippen molar-refractivity contribution in [3.63, 3.8) is 0 Å². The molecular formula is C14H8N4O3. The first-order valence-electron chi connectivity index (χ1n) is 5.97. The van der Waals surface area contributed by atoms with Crippen LogP contribution in [-0.4, -0.2) is 14.7 Å². The lowest BCUT2D eigenvalue weighted by Gasteiger charge is -2.05. The summed E-state index contributed by atoms with van der Waals surface area (Å²) < 4.78 is 6.67. The van der Waals surface area contributed by atoms with Crippen molar-refractivity contribution in [1.82, 2.24) is 9.78 Å². The molecular weight excluding hydrogens is 272 g/mol. The zero-order valence-electron chi connectivity index (χ0n) is 10.6. The molecule has 2 aromatic heterocycles. The first-order valence-corrected chi connectivity index (χ1v) is 5.97. The summed E-state index contributed by atoms with van der Waals surface area (Å²) >= 11 is 0. The second-order valence-electron chi connectivity index (χ2n) is 4.18. The predicted octanol–water partition coefficient (Wildman–Crippen LogP) is 2.91. The van der Waals surface area contributed by atoms with Crippen molar-refractivity contribution in [2.75, 3.05) is 0 Å². The maximum Gasteiger partial charge on any atom is 0.318 e. The Morgan fingerprint density at radius 2 is 2.05 bits per heavy atom. The van der Waals surface area contributed by atoms with Crippen LogP contribution in [0.1, 0.15) is 5.56 Å². The van der Waals surface area contributed by atoms with Crippen LogP contribution in [0.4, 0.5) is 5.69 Å². The summed E-state index contributed by atoms with van der Waals surface area (Å²) in [7, 11) is 0. The van der Waals surface area contributed by atoms with E-state index in [1.807, 2.05) is 6.07 Å². The Morgan fingerprint density at radius 3 is 2.62 bits per heavy atom. The van der Waals surface area contributed by atoms with Crippen LogP contribution in [0.5, 0.6) is 0 Å². The number of benzene rings is 1. The predicted molar refractivity (Wildman–Crippen MR) is 72.6 cm³/mol. The Bertz CT molecular complexity index is 826. The molecule has 0 N–H and O–H groups in total. The van der Waals surface area contributed by atoms with Crippen molar-refractivity contribution in [2.24, 2.45) is 0 Å². The maximum atomic E-state index is 11.1. The van der Waals surface area contributed by atoms with Gasteiger partial charge in [0.2, 0.25) is 0 Å². The van der Waals surface area contributed by atoms with Crippen LogP contribution in [0.3, 0.4) is 0 Å². The third-order valence-electron chi connectivity index (χ3n) is 2.94. The van der Waals surface area contributed by atoms with E-state index in [9.17, 15) is 10.1 Å². The van der Waals surface area contributed by atoms with Crippen molar-refractivity contribution < 1.29 is 9.34 Å². The fourth-order valence-corrected chi connectivity index (χ4v) is 1.99. The van der Waals surface area contributed by atoms with Crippen LogP contribution in [0.2, 0.25) is 0 Å². The molecule has 1 aromatic carbocycles. The second-order valence-corrected chi connectivity index (χ2v) is 4.18. The molecule has 0 aliphatic heterocycles. The minimum atomic E-state index is -0.509. The molecule has 0 aliphatic rings. The Balaban J connectivity index is 2.19. The quantitative estimate of drug-likeness (QED) is 0.542. The lowest BCUT2D eigenvalue weighted by atomic mass is 10.2. The average molecular weight is 280 g/mol. The van der Waals surface area contributed by atoms with Crippen molar-refractivity contribution in [3.8, 4) is 23.2 Å². The molecule has 0 spiro atoms. The highest BCUT2D eigenvalue weighted by Crippen LogP contribution is 2.32. The Morgan fingerprint density at radius 1 is 1.29 bits per heavy atom. The van der Waals surface area contributed by atoms with E-state index in [1.54, 1.807) is 36.4 Å². The van der Waals surface area contributed by atoms with Gasteiger partial charge in [0.15, 0.2) is 11.5 Å². The summed E-state index contributed by atoms with van der Waals surface area (Å²) in [4.78, 5) is 10.6. The molecule has 7 nitrogen and oxygen atoms in total. The first kappa shape index (κ1) is 12.6. The highest BCUT2D eigenvalue weighted by Gasteiger charge is 2.24. The van der Waals surface area contributed by atoms with Gasteiger partial charge in [0.25, 0.3) is 0 Å². The standard InChI is InChI=1S/C14H8N4O3/c15-8-10-3-5-11(6-4-10)17-14(13-2-1-7-21-13)12(9-16-17)18(19)20/h1-7,9H. The highest BCUT2D eigenvalue weighted by atomic mass is 16.6. The van der Waals surface area contributed by atoms with Gasteiger partial charge in [-0.15, -0.1) is 0 Å². The number of nitrogens with zero attached hydrogens (tertiary/aromatic N) is 4. The van der Waals surface area contributed by atoms with Crippen molar-refractivity contribution in [3.05, 3.63) is 64.5 Å². The van der Waals surface area contributed by atoms with Gasteiger partial charge in [0.1, 0.15) is 6.20 Å². The van der Waals surface area contributed by atoms with Gasteiger partial charge < -0.3 is 4.42 Å². The molecule has 0 atom stereocenters. The molecule has 0 radical (unpaired) electrons. The minimum absolute atomic E-state index is 0.144. The normalized spacial score (nSPS) is 10.2. The Kier molecular flexibility index (Phi) is 2.97. The van der Waals surface area contributed by atoms with Gasteiger partial charge >= 0.3 is 5.69 Å².